The summed E-state index contributed by atoms with van der Waals surface area (Å²) in [4.78, 5) is 26.5. The van der Waals surface area contributed by atoms with Gasteiger partial charge < -0.3 is 15.1 Å². The van der Waals surface area contributed by atoms with Crippen molar-refractivity contribution in [2.45, 2.75) is 32.2 Å². The first-order chi connectivity index (χ1) is 15.0. The summed E-state index contributed by atoms with van der Waals surface area (Å²) in [6.45, 7) is 6.16. The van der Waals surface area contributed by atoms with Gasteiger partial charge in [-0.15, -0.1) is 0 Å². The molecular weight excluding hydrogens is 388 g/mol. The van der Waals surface area contributed by atoms with Crippen LogP contribution in [0, 0.1) is 35.0 Å². The normalized spacial score (nSPS) is 30.5. The second-order valence-corrected chi connectivity index (χ2v) is 9.85. The first kappa shape index (κ1) is 20.2. The van der Waals surface area contributed by atoms with Crippen LogP contribution in [0.5, 0.6) is 0 Å². The van der Waals surface area contributed by atoms with Crippen LogP contribution in [0.1, 0.15) is 31.7 Å². The minimum atomic E-state index is 0.126. The quantitative estimate of drug-likeness (QED) is 0.821. The molecule has 31 heavy (non-hydrogen) atoms. The molecule has 3 aliphatic rings. The molecule has 1 aliphatic carbocycles. The summed E-state index contributed by atoms with van der Waals surface area (Å²) < 4.78 is 0. The van der Waals surface area contributed by atoms with Gasteiger partial charge in [-0.1, -0.05) is 6.92 Å². The van der Waals surface area contributed by atoms with Crippen LogP contribution in [0.4, 0.5) is 5.69 Å². The van der Waals surface area contributed by atoms with E-state index in [4.69, 9.17) is 0 Å². The first-order valence-electron chi connectivity index (χ1n) is 11.4. The average molecular weight is 419 g/mol. The van der Waals surface area contributed by atoms with Gasteiger partial charge in [0.1, 0.15) is 17.1 Å². The zero-order chi connectivity index (χ0) is 21.5. The maximum absolute atomic E-state index is 12.9. The highest BCUT2D eigenvalue weighted by Gasteiger charge is 2.46. The van der Waals surface area contributed by atoms with E-state index in [-0.39, 0.29) is 11.9 Å². The van der Waals surface area contributed by atoms with Crippen molar-refractivity contribution in [3.8, 4) is 6.07 Å². The van der Waals surface area contributed by atoms with Crippen molar-refractivity contribution in [1.29, 1.82) is 5.26 Å². The second kappa shape index (κ2) is 8.08. The van der Waals surface area contributed by atoms with Gasteiger partial charge in [0.05, 0.1) is 11.3 Å². The predicted molar refractivity (Wildman–Crippen MR) is 119 cm³/mol. The van der Waals surface area contributed by atoms with Gasteiger partial charge >= 0.3 is 0 Å². The summed E-state index contributed by atoms with van der Waals surface area (Å²) in [6.07, 6.45) is 6.25. The molecule has 2 aromatic rings. The molecule has 3 heterocycles. The maximum atomic E-state index is 12.9. The minimum Gasteiger partial charge on any atom is -0.367 e. The number of carbonyl (C=O) groups is 1. The molecule has 1 amide bonds. The predicted octanol–water partition coefficient (Wildman–Crippen LogP) is 2.42. The van der Waals surface area contributed by atoms with E-state index in [0.29, 0.717) is 41.2 Å². The number of anilines is 1. The molecule has 162 valence electrons. The lowest BCUT2D eigenvalue weighted by Crippen LogP contribution is -2.56. The Bertz CT molecular complexity index is 1020. The van der Waals surface area contributed by atoms with Crippen molar-refractivity contribution in [3.63, 3.8) is 0 Å². The van der Waals surface area contributed by atoms with Crippen LogP contribution in [0.3, 0.4) is 0 Å². The number of likely N-dealkylation sites (tertiary alicyclic amines) is 1. The molecule has 7 heteroatoms. The van der Waals surface area contributed by atoms with Gasteiger partial charge in [0.15, 0.2) is 0 Å². The molecule has 0 unspecified atom stereocenters. The van der Waals surface area contributed by atoms with Gasteiger partial charge in [-0.25, -0.2) is 0 Å². The van der Waals surface area contributed by atoms with E-state index in [0.717, 1.165) is 43.8 Å². The Labute approximate surface area is 183 Å². The summed E-state index contributed by atoms with van der Waals surface area (Å²) in [6, 6.07) is 6.13. The molecule has 0 radical (unpaired) electrons. The summed E-state index contributed by atoms with van der Waals surface area (Å²) in [5, 5.41) is 12.7. The molecule has 7 nitrogen and oxygen atoms in total. The summed E-state index contributed by atoms with van der Waals surface area (Å²) in [5.41, 5.74) is 2.93. The molecule has 5 rings (SSSR count). The Morgan fingerprint density at radius 3 is 2.61 bits per heavy atom. The summed E-state index contributed by atoms with van der Waals surface area (Å²) >= 11 is 0. The molecule has 3 fully saturated rings. The standard InChI is InChI=1S/C24H30N6O/c1-15-7-19(28-22(31)9-20-17-8-18(20)13-29(2)12-17)14-30(11-15)21-4-3-16(10-25)23-24(21)27-6-5-26-23/h3-6,15,17-20H,7-9,11-14H2,1-2H3,(H,28,31)/t15-,17-,18+,19+,20+/m0/s1. The van der Waals surface area contributed by atoms with Crippen LogP contribution < -0.4 is 10.2 Å². The number of carbonyl (C=O) groups excluding carboxylic acids is 1. The molecule has 2 bridgehead atoms. The molecule has 1 saturated carbocycles. The van der Waals surface area contributed by atoms with Crippen molar-refractivity contribution in [2.75, 3.05) is 38.1 Å². The lowest BCUT2D eigenvalue weighted by molar-refractivity contribution is -0.128. The number of fused-ring (bicyclic) bond motifs is 3. The fourth-order valence-corrected chi connectivity index (χ4v) is 6.10. The molecule has 5 atom stereocenters. The molecule has 0 spiro atoms. The van der Waals surface area contributed by atoms with Crippen LogP contribution >= 0.6 is 0 Å². The number of rotatable bonds is 4. The van der Waals surface area contributed by atoms with Gasteiger partial charge in [-0.2, -0.15) is 5.26 Å². The number of benzene rings is 1. The summed E-state index contributed by atoms with van der Waals surface area (Å²) in [7, 11) is 2.19. The number of amides is 1. The van der Waals surface area contributed by atoms with Crippen molar-refractivity contribution in [1.82, 2.24) is 20.2 Å². The number of piperidine rings is 3. The van der Waals surface area contributed by atoms with Gasteiger partial charge in [-0.3, -0.25) is 14.8 Å². The number of nitrogens with zero attached hydrogens (tertiary/aromatic N) is 5. The third kappa shape index (κ3) is 3.85. The van der Waals surface area contributed by atoms with E-state index >= 15 is 0 Å². The van der Waals surface area contributed by atoms with E-state index in [1.807, 2.05) is 12.1 Å². The van der Waals surface area contributed by atoms with Crippen LogP contribution in [-0.4, -0.2) is 60.0 Å². The molecule has 1 aromatic carbocycles. The fourth-order valence-electron chi connectivity index (χ4n) is 6.10. The number of aromatic nitrogens is 2. The first-order valence-corrected chi connectivity index (χ1v) is 11.4. The van der Waals surface area contributed by atoms with E-state index in [2.05, 4.69) is 45.1 Å². The lowest BCUT2D eigenvalue weighted by Gasteiger charge is -2.53. The van der Waals surface area contributed by atoms with E-state index < -0.39 is 0 Å². The van der Waals surface area contributed by atoms with Gasteiger partial charge in [0.25, 0.3) is 0 Å². The number of hydrogen-bond donors (Lipinski definition) is 1. The SMILES string of the molecule is C[C@H]1C[C@@H](NC(=O)C[C@H]2[C@@H]3C[C@H]2CN(C)C3)CN(c2ccc(C#N)c3nccnc23)C1. The minimum absolute atomic E-state index is 0.126. The Morgan fingerprint density at radius 2 is 1.87 bits per heavy atom. The van der Waals surface area contributed by atoms with Crippen LogP contribution in [0.2, 0.25) is 0 Å². The van der Waals surface area contributed by atoms with E-state index in [1.165, 1.54) is 6.42 Å². The van der Waals surface area contributed by atoms with Crippen molar-refractivity contribution < 1.29 is 4.79 Å². The van der Waals surface area contributed by atoms with Gasteiger partial charge in [0, 0.05) is 51.0 Å². The van der Waals surface area contributed by atoms with Crippen LogP contribution in [0.15, 0.2) is 24.5 Å². The highest BCUT2D eigenvalue weighted by atomic mass is 16.1. The van der Waals surface area contributed by atoms with E-state index in [9.17, 15) is 10.1 Å². The number of hydrogen-bond acceptors (Lipinski definition) is 6. The molecular formula is C24H30N6O. The smallest absolute Gasteiger partial charge is 0.220 e. The Kier molecular flexibility index (Phi) is 5.27. The second-order valence-electron chi connectivity index (χ2n) is 9.85. The van der Waals surface area contributed by atoms with Crippen molar-refractivity contribution >= 4 is 22.6 Å². The summed E-state index contributed by atoms with van der Waals surface area (Å²) in [5.74, 6) is 2.61. The molecule has 1 aromatic heterocycles. The fraction of sp³-hybridized carbons (Fsp3) is 0.583. The van der Waals surface area contributed by atoms with E-state index in [1.54, 1.807) is 12.4 Å². The lowest BCUT2D eigenvalue weighted by atomic mass is 9.60. The third-order valence-corrected chi connectivity index (χ3v) is 7.42. The average Bonchev–Trinajstić information content (AvgIpc) is 2.76. The van der Waals surface area contributed by atoms with Crippen LogP contribution in [-0.2, 0) is 4.79 Å². The Balaban J connectivity index is 1.28. The largest absolute Gasteiger partial charge is 0.367 e. The zero-order valence-electron chi connectivity index (χ0n) is 18.3. The number of nitrogens with one attached hydrogen (secondary N) is 1. The highest BCUT2D eigenvalue weighted by Crippen LogP contribution is 2.46. The Hall–Kier alpha value is -2.72. The monoisotopic (exact) mass is 418 g/mol. The molecule has 2 saturated heterocycles. The van der Waals surface area contributed by atoms with Crippen molar-refractivity contribution in [3.05, 3.63) is 30.1 Å². The van der Waals surface area contributed by atoms with Crippen LogP contribution in [0.25, 0.3) is 11.0 Å². The molecule has 1 N–H and O–H groups in total. The van der Waals surface area contributed by atoms with Gasteiger partial charge in [0.2, 0.25) is 5.91 Å². The maximum Gasteiger partial charge on any atom is 0.220 e. The molecule has 2 aliphatic heterocycles. The van der Waals surface area contributed by atoms with Gasteiger partial charge in [-0.05, 0) is 55.7 Å². The van der Waals surface area contributed by atoms with Crippen molar-refractivity contribution in [2.24, 2.45) is 23.7 Å². The topological polar surface area (TPSA) is 85.2 Å². The zero-order valence-corrected chi connectivity index (χ0v) is 18.3. The Morgan fingerprint density at radius 1 is 1.13 bits per heavy atom. The highest BCUT2D eigenvalue weighted by molar-refractivity contribution is 5.92. The number of nitriles is 1. The third-order valence-electron chi connectivity index (χ3n) is 7.42.